The Kier molecular flexibility index (Phi) is 5.80. The highest BCUT2D eigenvalue weighted by molar-refractivity contribution is 7.23. The van der Waals surface area contributed by atoms with Crippen LogP contribution < -0.4 is 0 Å². The molecule has 9 rings (SSSR count). The lowest BCUT2D eigenvalue weighted by atomic mass is 10.1. The van der Waals surface area contributed by atoms with E-state index in [4.69, 9.17) is 15.4 Å². The van der Waals surface area contributed by atoms with Gasteiger partial charge in [0.25, 0.3) is 0 Å². The van der Waals surface area contributed by atoms with Gasteiger partial charge >= 0.3 is 0 Å². The largest absolute Gasteiger partial charge is 0.455 e. The average molecular weight is 629 g/mol. The summed E-state index contributed by atoms with van der Waals surface area (Å²) in [5.74, 6) is 2.90. The first-order chi connectivity index (χ1) is 22.7. The lowest BCUT2D eigenvalue weighted by molar-refractivity contribution is 0.599. The molecule has 0 saturated carbocycles. The molecule has 0 atom stereocenters. The quantitative estimate of drug-likeness (QED) is 0.179. The second kappa shape index (κ2) is 10.2. The van der Waals surface area contributed by atoms with Crippen LogP contribution in [0.5, 0.6) is 0 Å². The average Bonchev–Trinajstić information content (AvgIpc) is 3.92. The van der Waals surface area contributed by atoms with Gasteiger partial charge in [0.1, 0.15) is 40.1 Å². The fourth-order valence-electron chi connectivity index (χ4n) is 5.72. The maximum absolute atomic E-state index is 9.48. The number of hydrogen-bond acceptors (Lipinski definition) is 9. The van der Waals surface area contributed by atoms with E-state index in [2.05, 4.69) is 55.1 Å². The van der Waals surface area contributed by atoms with Crippen molar-refractivity contribution >= 4 is 70.6 Å². The van der Waals surface area contributed by atoms with Gasteiger partial charge in [0, 0.05) is 45.3 Å². The zero-order valence-corrected chi connectivity index (χ0v) is 25.2. The van der Waals surface area contributed by atoms with Crippen molar-refractivity contribution in [2.75, 3.05) is 0 Å². The third-order valence-corrected chi connectivity index (χ3v) is 10.1. The summed E-state index contributed by atoms with van der Waals surface area (Å²) in [7, 11) is 0. The number of hydrogen-bond donors (Lipinski definition) is 0. The molecule has 0 aliphatic carbocycles. The van der Waals surface area contributed by atoms with E-state index in [1.165, 1.54) is 0 Å². The van der Waals surface area contributed by atoms with Crippen molar-refractivity contribution < 1.29 is 8.83 Å². The van der Waals surface area contributed by atoms with Crippen LogP contribution >= 0.6 is 22.7 Å². The molecule has 6 heterocycles. The van der Waals surface area contributed by atoms with Crippen molar-refractivity contribution in [1.29, 1.82) is 5.26 Å². The summed E-state index contributed by atoms with van der Waals surface area (Å²) in [4.78, 5) is 23.3. The van der Waals surface area contributed by atoms with E-state index in [0.29, 0.717) is 44.8 Å². The highest BCUT2D eigenvalue weighted by Gasteiger charge is 2.18. The summed E-state index contributed by atoms with van der Waals surface area (Å²) in [6.07, 6.45) is 6.44. The minimum absolute atomic E-state index is 0.466. The van der Waals surface area contributed by atoms with E-state index in [0.717, 1.165) is 52.6 Å². The number of rotatable bonds is 4. The first kappa shape index (κ1) is 26.2. The molecular weight excluding hydrogens is 613 g/mol. The van der Waals surface area contributed by atoms with Crippen molar-refractivity contribution in [2.45, 2.75) is 0 Å². The van der Waals surface area contributed by atoms with Gasteiger partial charge in [0.15, 0.2) is 0 Å². The van der Waals surface area contributed by atoms with Crippen molar-refractivity contribution in [3.63, 3.8) is 0 Å². The van der Waals surface area contributed by atoms with E-state index in [1.54, 1.807) is 59.6 Å². The topological polar surface area (TPSA) is 106 Å². The van der Waals surface area contributed by atoms with Gasteiger partial charge in [0.2, 0.25) is 5.69 Å². The number of furan rings is 2. The van der Waals surface area contributed by atoms with Crippen LogP contribution in [-0.2, 0) is 0 Å². The highest BCUT2D eigenvalue weighted by Crippen LogP contribution is 2.43. The fourth-order valence-corrected chi connectivity index (χ4v) is 7.83. The molecule has 46 heavy (non-hydrogen) atoms. The Bertz CT molecular complexity index is 2520. The molecule has 3 aromatic carbocycles. The van der Waals surface area contributed by atoms with Crippen molar-refractivity contribution in [1.82, 2.24) is 19.9 Å². The third kappa shape index (κ3) is 4.10. The van der Waals surface area contributed by atoms with Gasteiger partial charge in [-0.15, -0.1) is 22.7 Å². The molecule has 0 saturated heterocycles. The monoisotopic (exact) mass is 628 g/mol. The van der Waals surface area contributed by atoms with Gasteiger partial charge in [-0.2, -0.15) is 5.26 Å². The number of fused-ring (bicyclic) bond motifs is 4. The van der Waals surface area contributed by atoms with Crippen LogP contribution in [-0.4, -0.2) is 19.9 Å². The van der Waals surface area contributed by atoms with Crippen LogP contribution in [0.2, 0.25) is 0 Å². The zero-order valence-electron chi connectivity index (χ0n) is 23.6. The van der Waals surface area contributed by atoms with Gasteiger partial charge in [-0.3, -0.25) is 19.9 Å². The van der Waals surface area contributed by atoms with E-state index in [9.17, 15) is 5.26 Å². The Labute approximate surface area is 268 Å². The van der Waals surface area contributed by atoms with E-state index < -0.39 is 0 Å². The minimum atomic E-state index is 0.466. The summed E-state index contributed by atoms with van der Waals surface area (Å²) in [5.41, 5.74) is 4.96. The molecule has 0 aliphatic heterocycles. The van der Waals surface area contributed by atoms with Crippen LogP contribution in [0.1, 0.15) is 5.56 Å². The molecule has 0 aliphatic rings. The molecular formula is C36H16N6O2S2. The summed E-state index contributed by atoms with van der Waals surface area (Å²) in [6, 6.07) is 26.0. The van der Waals surface area contributed by atoms with E-state index in [1.807, 2.05) is 36.4 Å². The van der Waals surface area contributed by atoms with E-state index >= 15 is 0 Å². The van der Waals surface area contributed by atoms with E-state index in [-0.39, 0.29) is 0 Å². The molecule has 0 amide bonds. The Morgan fingerprint density at radius 1 is 0.587 bits per heavy atom. The maximum Gasteiger partial charge on any atom is 0.214 e. The summed E-state index contributed by atoms with van der Waals surface area (Å²) in [5, 5.41) is 11.8. The zero-order chi connectivity index (χ0) is 30.8. The predicted octanol–water partition coefficient (Wildman–Crippen LogP) is 10.3. The first-order valence-corrected chi connectivity index (χ1v) is 15.7. The van der Waals surface area contributed by atoms with Crippen molar-refractivity contribution in [3.8, 4) is 50.0 Å². The van der Waals surface area contributed by atoms with Crippen LogP contribution in [0.3, 0.4) is 0 Å². The second-order valence-corrected chi connectivity index (χ2v) is 12.7. The van der Waals surface area contributed by atoms with Crippen molar-refractivity contribution in [2.24, 2.45) is 0 Å². The lowest BCUT2D eigenvalue weighted by Crippen LogP contribution is -1.89. The Balaban J connectivity index is 1.04. The first-order valence-electron chi connectivity index (χ1n) is 14.1. The standard InChI is InChI=1S/C36H16N6O2S2/c1-38-24-5-4-23(35-36(24)42-13-12-41-35)26-7-9-28(44-26)32-17-21-15-29-20(14-30(21)46-32)16-31(45-29)27-8-6-25(43-27)22-3-2-19(18-37)33-34(22)40-11-10-39-33/h2-17H. The lowest BCUT2D eigenvalue weighted by Gasteiger charge is -2.04. The summed E-state index contributed by atoms with van der Waals surface area (Å²) >= 11 is 3.35. The highest BCUT2D eigenvalue weighted by atomic mass is 32.1. The van der Waals surface area contributed by atoms with Crippen LogP contribution in [0.25, 0.3) is 91.0 Å². The maximum atomic E-state index is 9.48. The summed E-state index contributed by atoms with van der Waals surface area (Å²) in [6.45, 7) is 7.46. The SMILES string of the molecule is [C-]#[N+]c1ccc(-c2ccc(-c3cc4cc5sc(-c6ccc(-c7ccc(C#N)c8nccnc78)o6)cc5cc4s3)o2)c2nccnc12. The molecule has 214 valence electrons. The van der Waals surface area contributed by atoms with Crippen LogP contribution in [0.15, 0.2) is 106 Å². The normalized spacial score (nSPS) is 11.4. The molecule has 0 spiro atoms. The third-order valence-electron chi connectivity index (χ3n) is 7.85. The predicted molar refractivity (Wildman–Crippen MR) is 181 cm³/mol. The molecule has 0 bridgehead atoms. The number of nitrogens with zero attached hydrogens (tertiary/aromatic N) is 6. The molecule has 0 fully saturated rings. The smallest absolute Gasteiger partial charge is 0.214 e. The molecule has 6 aromatic heterocycles. The van der Waals surface area contributed by atoms with Crippen LogP contribution in [0, 0.1) is 17.9 Å². The van der Waals surface area contributed by atoms with Gasteiger partial charge in [-0.25, -0.2) is 4.85 Å². The number of benzene rings is 3. The minimum Gasteiger partial charge on any atom is -0.455 e. The molecule has 9 aromatic rings. The number of thiophene rings is 2. The Hall–Kier alpha value is -6.20. The van der Waals surface area contributed by atoms with Crippen molar-refractivity contribution in [3.05, 3.63) is 115 Å². The molecule has 0 N–H and O–H groups in total. The number of nitriles is 1. The second-order valence-electron chi connectivity index (χ2n) is 10.5. The van der Waals surface area contributed by atoms with Crippen LogP contribution in [0.4, 0.5) is 5.69 Å². The van der Waals surface area contributed by atoms with Gasteiger partial charge < -0.3 is 8.83 Å². The molecule has 0 unspecified atom stereocenters. The van der Waals surface area contributed by atoms with Gasteiger partial charge in [0.05, 0.1) is 32.9 Å². The Morgan fingerprint density at radius 2 is 1.09 bits per heavy atom. The molecule has 0 radical (unpaired) electrons. The molecule has 8 nitrogen and oxygen atoms in total. The number of aromatic nitrogens is 4. The fraction of sp³-hybridized carbons (Fsp3) is 0. The van der Waals surface area contributed by atoms with Gasteiger partial charge in [-0.05, 0) is 71.4 Å². The Morgan fingerprint density at radius 3 is 1.65 bits per heavy atom. The molecule has 10 heteroatoms. The van der Waals surface area contributed by atoms with Gasteiger partial charge in [-0.1, -0.05) is 12.1 Å². The summed E-state index contributed by atoms with van der Waals surface area (Å²) < 4.78 is 15.0.